The number of aromatic nitrogens is 2. The monoisotopic (exact) mass is 472 g/mol. The molecular weight excluding hydrogens is 444 g/mol. The van der Waals surface area contributed by atoms with Crippen LogP contribution in [0.1, 0.15) is 43.7 Å². The number of anilines is 1. The number of nitrogens with zero attached hydrogens (tertiary/aromatic N) is 4. The van der Waals surface area contributed by atoms with Gasteiger partial charge in [0.1, 0.15) is 15.8 Å². The SMILES string of the molecule is CCOCCCN1C(=O)/C(=C\c2c(N3CCCCC3)nc3c(C)cccn3c2=O)SC1=S. The molecular formula is C23H28N4O3S2. The van der Waals surface area contributed by atoms with Gasteiger partial charge in [0.25, 0.3) is 11.5 Å². The number of piperidine rings is 1. The third-order valence-corrected chi connectivity index (χ3v) is 7.12. The molecule has 2 aromatic heterocycles. The number of fused-ring (bicyclic) bond motifs is 1. The Morgan fingerprint density at radius 3 is 2.78 bits per heavy atom. The summed E-state index contributed by atoms with van der Waals surface area (Å²) in [5.74, 6) is 0.500. The van der Waals surface area contributed by atoms with Crippen molar-refractivity contribution in [2.75, 3.05) is 37.7 Å². The minimum atomic E-state index is -0.166. The van der Waals surface area contributed by atoms with Gasteiger partial charge in [-0.05, 0) is 57.2 Å². The average molecular weight is 473 g/mol. The van der Waals surface area contributed by atoms with Gasteiger partial charge in [0, 0.05) is 39.0 Å². The minimum absolute atomic E-state index is 0.158. The summed E-state index contributed by atoms with van der Waals surface area (Å²) >= 11 is 6.70. The Balaban J connectivity index is 1.74. The summed E-state index contributed by atoms with van der Waals surface area (Å²) < 4.78 is 7.46. The number of hydrogen-bond acceptors (Lipinski definition) is 7. The molecule has 2 aliphatic heterocycles. The van der Waals surface area contributed by atoms with Gasteiger partial charge in [-0.25, -0.2) is 4.98 Å². The zero-order valence-electron chi connectivity index (χ0n) is 18.5. The van der Waals surface area contributed by atoms with E-state index in [1.54, 1.807) is 21.6 Å². The Morgan fingerprint density at radius 1 is 1.25 bits per heavy atom. The zero-order chi connectivity index (χ0) is 22.7. The van der Waals surface area contributed by atoms with E-state index in [9.17, 15) is 9.59 Å². The van der Waals surface area contributed by atoms with E-state index in [0.29, 0.717) is 52.4 Å². The lowest BCUT2D eigenvalue weighted by Gasteiger charge is -2.29. The van der Waals surface area contributed by atoms with Crippen molar-refractivity contribution in [3.05, 3.63) is 44.7 Å². The van der Waals surface area contributed by atoms with Crippen LogP contribution in [0.2, 0.25) is 0 Å². The maximum absolute atomic E-state index is 13.5. The zero-order valence-corrected chi connectivity index (χ0v) is 20.1. The smallest absolute Gasteiger partial charge is 0.267 e. The first kappa shape index (κ1) is 22.9. The molecule has 2 saturated heterocycles. The van der Waals surface area contributed by atoms with Crippen molar-refractivity contribution in [3.63, 3.8) is 0 Å². The van der Waals surface area contributed by atoms with E-state index in [1.165, 1.54) is 18.2 Å². The molecule has 0 aromatic carbocycles. The lowest BCUT2D eigenvalue weighted by atomic mass is 10.1. The van der Waals surface area contributed by atoms with E-state index in [4.69, 9.17) is 21.9 Å². The highest BCUT2D eigenvalue weighted by molar-refractivity contribution is 8.26. The third kappa shape index (κ3) is 4.60. The predicted molar refractivity (Wildman–Crippen MR) is 133 cm³/mol. The average Bonchev–Trinajstić information content (AvgIpc) is 3.06. The van der Waals surface area contributed by atoms with Crippen LogP contribution < -0.4 is 10.5 Å². The number of thioether (sulfide) groups is 1. The predicted octanol–water partition coefficient (Wildman–Crippen LogP) is 3.62. The van der Waals surface area contributed by atoms with Crippen molar-refractivity contribution in [3.8, 4) is 0 Å². The van der Waals surface area contributed by atoms with Crippen molar-refractivity contribution in [2.45, 2.75) is 39.5 Å². The Labute approximate surface area is 197 Å². The molecule has 7 nitrogen and oxygen atoms in total. The topological polar surface area (TPSA) is 67.2 Å². The molecule has 0 saturated carbocycles. The number of carbonyl (C=O) groups excluding carboxylic acids is 1. The molecule has 0 unspecified atom stereocenters. The summed E-state index contributed by atoms with van der Waals surface area (Å²) in [5.41, 5.74) is 1.87. The number of pyridine rings is 1. The fraction of sp³-hybridized carbons (Fsp3) is 0.478. The number of thiocarbonyl (C=S) groups is 1. The fourth-order valence-corrected chi connectivity index (χ4v) is 5.36. The molecule has 2 aliphatic rings. The van der Waals surface area contributed by atoms with Crippen LogP contribution >= 0.6 is 24.0 Å². The Kier molecular flexibility index (Phi) is 7.27. The van der Waals surface area contributed by atoms with Gasteiger partial charge in [-0.1, -0.05) is 30.0 Å². The largest absolute Gasteiger partial charge is 0.382 e. The van der Waals surface area contributed by atoms with Crippen LogP contribution in [0.4, 0.5) is 5.82 Å². The molecule has 4 heterocycles. The molecule has 0 atom stereocenters. The number of amides is 1. The van der Waals surface area contributed by atoms with Crippen LogP contribution in [0.3, 0.4) is 0 Å². The molecule has 2 aromatic rings. The summed E-state index contributed by atoms with van der Waals surface area (Å²) in [4.78, 5) is 35.7. The van der Waals surface area contributed by atoms with Gasteiger partial charge in [0.2, 0.25) is 0 Å². The first-order chi connectivity index (χ1) is 15.5. The highest BCUT2D eigenvalue weighted by Crippen LogP contribution is 2.34. The van der Waals surface area contributed by atoms with Crippen LogP contribution in [-0.4, -0.2) is 57.4 Å². The van der Waals surface area contributed by atoms with Gasteiger partial charge >= 0.3 is 0 Å². The van der Waals surface area contributed by atoms with E-state index < -0.39 is 0 Å². The minimum Gasteiger partial charge on any atom is -0.382 e. The fourth-order valence-electron chi connectivity index (χ4n) is 4.07. The quantitative estimate of drug-likeness (QED) is 0.346. The second-order valence-corrected chi connectivity index (χ2v) is 9.65. The Morgan fingerprint density at radius 2 is 2.03 bits per heavy atom. The number of carbonyl (C=O) groups is 1. The molecule has 0 bridgehead atoms. The van der Waals surface area contributed by atoms with E-state index >= 15 is 0 Å². The number of rotatable bonds is 7. The second-order valence-electron chi connectivity index (χ2n) is 7.97. The van der Waals surface area contributed by atoms with E-state index in [1.807, 2.05) is 26.0 Å². The maximum atomic E-state index is 13.5. The first-order valence-electron chi connectivity index (χ1n) is 11.1. The molecule has 170 valence electrons. The van der Waals surface area contributed by atoms with Crippen LogP contribution in [-0.2, 0) is 9.53 Å². The Bertz CT molecular complexity index is 1120. The highest BCUT2D eigenvalue weighted by atomic mass is 32.2. The molecule has 0 spiro atoms. The molecule has 32 heavy (non-hydrogen) atoms. The molecule has 0 radical (unpaired) electrons. The van der Waals surface area contributed by atoms with E-state index in [2.05, 4.69) is 4.90 Å². The number of hydrogen-bond donors (Lipinski definition) is 0. The van der Waals surface area contributed by atoms with Crippen LogP contribution in [0, 0.1) is 6.92 Å². The van der Waals surface area contributed by atoms with Crippen LogP contribution in [0.25, 0.3) is 11.7 Å². The van der Waals surface area contributed by atoms with Gasteiger partial charge in [0.05, 0.1) is 10.5 Å². The van der Waals surface area contributed by atoms with Crippen molar-refractivity contribution in [2.24, 2.45) is 0 Å². The standard InChI is InChI=1S/C23H28N4O3S2/c1-3-30-14-8-13-27-22(29)18(32-23(27)31)15-17-20(25-10-5-4-6-11-25)24-19-16(2)9-7-12-26(19)21(17)28/h7,9,12,15H,3-6,8,10-11,13-14H2,1-2H3/b18-15+. The van der Waals surface area contributed by atoms with Crippen molar-refractivity contribution < 1.29 is 9.53 Å². The summed E-state index contributed by atoms with van der Waals surface area (Å²) in [6, 6.07) is 3.79. The second kappa shape index (κ2) is 10.1. The molecule has 0 N–H and O–H groups in total. The molecule has 2 fully saturated rings. The van der Waals surface area contributed by atoms with Gasteiger partial charge in [-0.3, -0.25) is 18.9 Å². The number of aryl methyl sites for hydroxylation is 1. The highest BCUT2D eigenvalue weighted by Gasteiger charge is 2.32. The summed E-state index contributed by atoms with van der Waals surface area (Å²) in [6.45, 7) is 7.35. The lowest BCUT2D eigenvalue weighted by Crippen LogP contribution is -2.34. The summed E-state index contributed by atoms with van der Waals surface area (Å²) in [7, 11) is 0. The number of ether oxygens (including phenoxy) is 1. The van der Waals surface area contributed by atoms with Crippen molar-refractivity contribution in [1.82, 2.24) is 14.3 Å². The first-order valence-corrected chi connectivity index (χ1v) is 12.3. The summed E-state index contributed by atoms with van der Waals surface area (Å²) in [5, 5.41) is 0. The lowest BCUT2D eigenvalue weighted by molar-refractivity contribution is -0.122. The third-order valence-electron chi connectivity index (χ3n) is 5.74. The van der Waals surface area contributed by atoms with Crippen molar-refractivity contribution in [1.29, 1.82) is 0 Å². The molecule has 9 heteroatoms. The van der Waals surface area contributed by atoms with E-state index in [-0.39, 0.29) is 11.5 Å². The van der Waals surface area contributed by atoms with Crippen molar-refractivity contribution >= 4 is 51.7 Å². The van der Waals surface area contributed by atoms with Gasteiger partial charge in [0.15, 0.2) is 0 Å². The summed E-state index contributed by atoms with van der Waals surface area (Å²) in [6.07, 6.45) is 7.44. The normalized spacial score (nSPS) is 18.4. The molecule has 1 amide bonds. The molecule has 4 rings (SSSR count). The Hall–Kier alpha value is -2.23. The van der Waals surface area contributed by atoms with Gasteiger partial charge in [-0.15, -0.1) is 0 Å². The maximum Gasteiger partial charge on any atom is 0.267 e. The van der Waals surface area contributed by atoms with Gasteiger partial charge in [-0.2, -0.15) is 0 Å². The van der Waals surface area contributed by atoms with Crippen LogP contribution in [0.5, 0.6) is 0 Å². The molecule has 0 aliphatic carbocycles. The van der Waals surface area contributed by atoms with E-state index in [0.717, 1.165) is 31.5 Å². The van der Waals surface area contributed by atoms with Gasteiger partial charge < -0.3 is 9.64 Å². The van der Waals surface area contributed by atoms with Crippen LogP contribution in [0.15, 0.2) is 28.0 Å².